The van der Waals surface area contributed by atoms with E-state index in [4.69, 9.17) is 10.5 Å². The minimum absolute atomic E-state index is 0.0321. The number of ether oxygens (including phenoxy) is 1. The van der Waals surface area contributed by atoms with E-state index in [0.717, 1.165) is 36.9 Å². The predicted molar refractivity (Wildman–Crippen MR) is 92.2 cm³/mol. The van der Waals surface area contributed by atoms with E-state index in [2.05, 4.69) is 18.8 Å². The Balaban J connectivity index is 1.66. The smallest absolute Gasteiger partial charge is 0.259 e. The molecule has 1 saturated carbocycles. The van der Waals surface area contributed by atoms with Crippen molar-refractivity contribution in [2.45, 2.75) is 39.5 Å². The van der Waals surface area contributed by atoms with E-state index in [1.807, 2.05) is 6.07 Å². The first-order valence-electron chi connectivity index (χ1n) is 8.94. The van der Waals surface area contributed by atoms with Crippen LogP contribution in [0.1, 0.15) is 48.3 Å². The van der Waals surface area contributed by atoms with Gasteiger partial charge in [0.25, 0.3) is 5.91 Å². The number of likely N-dealkylation sites (tertiary alicyclic amines) is 1. The number of carbonyl (C=O) groups is 2. The Morgan fingerprint density at radius 1 is 1.36 bits per heavy atom. The molecule has 0 aromatic carbocycles. The number of fused-ring (bicyclic) bond motifs is 2. The largest absolute Gasteiger partial charge is 0.480 e. The van der Waals surface area contributed by atoms with Gasteiger partial charge in [0, 0.05) is 18.8 Å². The lowest BCUT2D eigenvalue weighted by molar-refractivity contribution is -0.148. The van der Waals surface area contributed by atoms with Crippen LogP contribution in [0.2, 0.25) is 0 Å². The molecule has 0 unspecified atom stereocenters. The third-order valence-electron chi connectivity index (χ3n) is 6.47. The summed E-state index contributed by atoms with van der Waals surface area (Å²) in [5, 5.41) is 0. The molecular formula is C19H25N3O3. The highest BCUT2D eigenvalue weighted by atomic mass is 16.5. The zero-order chi connectivity index (χ0) is 18.0. The predicted octanol–water partition coefficient (Wildman–Crippen LogP) is 1.55. The number of rotatable bonds is 3. The van der Waals surface area contributed by atoms with Gasteiger partial charge in [-0.25, -0.2) is 4.98 Å². The van der Waals surface area contributed by atoms with Crippen molar-refractivity contribution < 1.29 is 14.3 Å². The highest BCUT2D eigenvalue weighted by Gasteiger charge is 2.66. The van der Waals surface area contributed by atoms with Crippen LogP contribution in [0.3, 0.4) is 0 Å². The Hall–Kier alpha value is -2.11. The molecule has 2 atom stereocenters. The SMILES string of the molecule is COc1nc2c(cc1C(=O)N1C[C@@H]3C(C)(C)C[C@]3(C(N)=O)C1)CCC2. The summed E-state index contributed by atoms with van der Waals surface area (Å²) in [5.41, 5.74) is 7.84. The van der Waals surface area contributed by atoms with Crippen LogP contribution in [-0.2, 0) is 17.6 Å². The number of hydrogen-bond acceptors (Lipinski definition) is 4. The fourth-order valence-electron chi connectivity index (χ4n) is 5.31. The minimum Gasteiger partial charge on any atom is -0.480 e. The maximum atomic E-state index is 13.2. The van der Waals surface area contributed by atoms with E-state index in [-0.39, 0.29) is 23.1 Å². The quantitative estimate of drug-likeness (QED) is 0.902. The number of nitrogens with two attached hydrogens (primary N) is 1. The Morgan fingerprint density at radius 2 is 2.12 bits per heavy atom. The van der Waals surface area contributed by atoms with Crippen molar-refractivity contribution in [1.82, 2.24) is 9.88 Å². The van der Waals surface area contributed by atoms with Crippen molar-refractivity contribution in [3.05, 3.63) is 22.9 Å². The maximum absolute atomic E-state index is 13.2. The van der Waals surface area contributed by atoms with Crippen molar-refractivity contribution in [2.75, 3.05) is 20.2 Å². The Kier molecular flexibility index (Phi) is 3.40. The number of primary amides is 1. The fourth-order valence-corrected chi connectivity index (χ4v) is 5.31. The van der Waals surface area contributed by atoms with Crippen LogP contribution in [0.15, 0.2) is 6.07 Å². The highest BCUT2D eigenvalue weighted by Crippen LogP contribution is 2.62. The second-order valence-corrected chi connectivity index (χ2v) is 8.43. The van der Waals surface area contributed by atoms with Crippen molar-refractivity contribution in [2.24, 2.45) is 22.5 Å². The molecule has 3 aliphatic rings. The Bertz CT molecular complexity index is 773. The van der Waals surface area contributed by atoms with E-state index in [1.165, 1.54) is 0 Å². The van der Waals surface area contributed by atoms with Gasteiger partial charge in [-0.3, -0.25) is 9.59 Å². The third kappa shape index (κ3) is 2.19. The van der Waals surface area contributed by atoms with E-state index in [9.17, 15) is 9.59 Å². The maximum Gasteiger partial charge on any atom is 0.259 e. The van der Waals surface area contributed by atoms with Gasteiger partial charge < -0.3 is 15.4 Å². The molecule has 4 rings (SSSR count). The summed E-state index contributed by atoms with van der Waals surface area (Å²) in [6.45, 7) is 5.25. The molecule has 2 heterocycles. The number of aromatic nitrogens is 1. The van der Waals surface area contributed by atoms with Gasteiger partial charge >= 0.3 is 0 Å². The average Bonchev–Trinajstić information content (AvgIpc) is 3.15. The van der Waals surface area contributed by atoms with Gasteiger partial charge in [-0.1, -0.05) is 13.8 Å². The monoisotopic (exact) mass is 343 g/mol. The molecule has 1 saturated heterocycles. The van der Waals surface area contributed by atoms with Crippen LogP contribution in [-0.4, -0.2) is 41.9 Å². The van der Waals surface area contributed by atoms with Gasteiger partial charge in [-0.15, -0.1) is 0 Å². The molecule has 6 nitrogen and oxygen atoms in total. The summed E-state index contributed by atoms with van der Waals surface area (Å²) in [6.07, 6.45) is 3.69. The molecular weight excluding hydrogens is 318 g/mol. The number of methoxy groups -OCH3 is 1. The molecule has 2 N–H and O–H groups in total. The van der Waals surface area contributed by atoms with Gasteiger partial charge in [0.15, 0.2) is 0 Å². The highest BCUT2D eigenvalue weighted by molar-refractivity contribution is 5.98. The molecule has 0 spiro atoms. The Labute approximate surface area is 147 Å². The van der Waals surface area contributed by atoms with Gasteiger partial charge in [0.05, 0.1) is 12.5 Å². The first-order chi connectivity index (χ1) is 11.8. The molecule has 0 radical (unpaired) electrons. The van der Waals surface area contributed by atoms with E-state index in [0.29, 0.717) is 24.5 Å². The normalized spacial score (nSPS) is 28.9. The molecule has 2 fully saturated rings. The van der Waals surface area contributed by atoms with Crippen LogP contribution in [0.4, 0.5) is 0 Å². The number of hydrogen-bond donors (Lipinski definition) is 1. The summed E-state index contributed by atoms with van der Waals surface area (Å²) < 4.78 is 5.38. The van der Waals surface area contributed by atoms with Gasteiger partial charge in [0.1, 0.15) is 5.56 Å². The summed E-state index contributed by atoms with van der Waals surface area (Å²) in [7, 11) is 1.54. The van der Waals surface area contributed by atoms with Crippen LogP contribution >= 0.6 is 0 Å². The molecule has 2 aliphatic carbocycles. The number of aryl methyl sites for hydroxylation is 2. The fraction of sp³-hybridized carbons (Fsp3) is 0.632. The zero-order valence-electron chi connectivity index (χ0n) is 15.1. The minimum atomic E-state index is -0.573. The lowest BCUT2D eigenvalue weighted by Gasteiger charge is -2.54. The molecule has 6 heteroatoms. The van der Waals surface area contributed by atoms with E-state index >= 15 is 0 Å². The van der Waals surface area contributed by atoms with Crippen LogP contribution in [0.25, 0.3) is 0 Å². The number of carbonyl (C=O) groups excluding carboxylic acids is 2. The Morgan fingerprint density at radius 3 is 2.72 bits per heavy atom. The van der Waals surface area contributed by atoms with Crippen molar-refractivity contribution in [3.8, 4) is 5.88 Å². The molecule has 0 bridgehead atoms. The third-order valence-corrected chi connectivity index (χ3v) is 6.47. The van der Waals surface area contributed by atoms with Crippen LogP contribution < -0.4 is 10.5 Å². The molecule has 134 valence electrons. The first kappa shape index (κ1) is 16.4. The molecule has 1 aromatic rings. The number of pyridine rings is 1. The van der Waals surface area contributed by atoms with Crippen LogP contribution in [0, 0.1) is 16.7 Å². The lowest BCUT2D eigenvalue weighted by Crippen LogP contribution is -2.59. The number of nitrogens with zero attached hydrogens (tertiary/aromatic N) is 2. The van der Waals surface area contributed by atoms with Crippen molar-refractivity contribution in [3.63, 3.8) is 0 Å². The summed E-state index contributed by atoms with van der Waals surface area (Å²) in [4.78, 5) is 31.6. The summed E-state index contributed by atoms with van der Waals surface area (Å²) >= 11 is 0. The van der Waals surface area contributed by atoms with Gasteiger partial charge in [0.2, 0.25) is 11.8 Å². The summed E-state index contributed by atoms with van der Waals surface area (Å²) in [5.74, 6) is 0.114. The standard InChI is InChI=1S/C19H25N3O3/c1-18(2)9-19(17(20)24)10-22(8-14(18)19)16(23)12-7-11-5-4-6-13(11)21-15(12)25-3/h7,14H,4-6,8-10H2,1-3H3,(H2,20,24)/t14-,19+/m1/s1. The summed E-state index contributed by atoms with van der Waals surface area (Å²) in [6, 6.07) is 1.93. The molecule has 25 heavy (non-hydrogen) atoms. The second kappa shape index (κ2) is 5.19. The van der Waals surface area contributed by atoms with Gasteiger partial charge in [-0.2, -0.15) is 0 Å². The van der Waals surface area contributed by atoms with E-state index < -0.39 is 5.41 Å². The van der Waals surface area contributed by atoms with Crippen molar-refractivity contribution in [1.29, 1.82) is 0 Å². The van der Waals surface area contributed by atoms with Gasteiger partial charge in [-0.05, 0) is 48.6 Å². The zero-order valence-corrected chi connectivity index (χ0v) is 15.1. The van der Waals surface area contributed by atoms with Crippen LogP contribution in [0.5, 0.6) is 5.88 Å². The average molecular weight is 343 g/mol. The van der Waals surface area contributed by atoms with E-state index in [1.54, 1.807) is 12.0 Å². The first-order valence-corrected chi connectivity index (χ1v) is 8.94. The number of amides is 2. The molecule has 1 aromatic heterocycles. The molecule has 2 amide bonds. The van der Waals surface area contributed by atoms with Crippen molar-refractivity contribution >= 4 is 11.8 Å². The lowest BCUT2D eigenvalue weighted by atomic mass is 9.48. The topological polar surface area (TPSA) is 85.5 Å². The second-order valence-electron chi connectivity index (χ2n) is 8.43. The molecule has 1 aliphatic heterocycles.